The third kappa shape index (κ3) is 3.88. The van der Waals surface area contributed by atoms with E-state index in [1.807, 2.05) is 12.1 Å². The van der Waals surface area contributed by atoms with E-state index >= 15 is 0 Å². The van der Waals surface area contributed by atoms with Crippen LogP contribution >= 0.6 is 39.1 Å². The van der Waals surface area contributed by atoms with Crippen molar-refractivity contribution in [2.24, 2.45) is 5.73 Å². The summed E-state index contributed by atoms with van der Waals surface area (Å²) < 4.78 is 8.37. The van der Waals surface area contributed by atoms with Crippen molar-refractivity contribution in [1.82, 2.24) is 20.2 Å². The van der Waals surface area contributed by atoms with Crippen LogP contribution in [-0.2, 0) is 11.4 Å². The van der Waals surface area contributed by atoms with Gasteiger partial charge in [0.1, 0.15) is 18.4 Å². The van der Waals surface area contributed by atoms with Gasteiger partial charge in [0.15, 0.2) is 0 Å². The number of rotatable bonds is 5. The summed E-state index contributed by atoms with van der Waals surface area (Å²) in [5.74, 6) is 0.344. The van der Waals surface area contributed by atoms with Gasteiger partial charge < -0.3 is 15.8 Å². The molecule has 1 amide bonds. The number of carbonyl (C=O) groups is 1. The summed E-state index contributed by atoms with van der Waals surface area (Å²) in [6, 6.07) is 10.0. The number of allylic oxidation sites excluding steroid dienone is 1. The molecule has 0 saturated heterocycles. The molecule has 1 unspecified atom stereocenters. The second-order valence-electron chi connectivity index (χ2n) is 6.58. The zero-order chi connectivity index (χ0) is 21.4. The lowest BCUT2D eigenvalue weighted by atomic mass is 9.94. The number of hydrogen-bond acceptors (Lipinski definition) is 6. The SMILES string of the molecule is CC1=C(C(N)=O)C(c2cc(Br)ccc2OCc2ccc(Cl)cc2Cl)n2nnnc2N1. The number of ether oxygens (including phenoxy) is 1. The van der Waals surface area contributed by atoms with Gasteiger partial charge in [-0.3, -0.25) is 4.79 Å². The van der Waals surface area contributed by atoms with Crippen molar-refractivity contribution in [3.05, 3.63) is 73.3 Å². The summed E-state index contributed by atoms with van der Waals surface area (Å²) >= 11 is 15.7. The topological polar surface area (TPSA) is 108 Å². The Hall–Kier alpha value is -2.62. The van der Waals surface area contributed by atoms with Crippen LogP contribution in [0.1, 0.15) is 24.1 Å². The number of carbonyl (C=O) groups excluding carboxylic acids is 1. The minimum atomic E-state index is -0.665. The predicted molar refractivity (Wildman–Crippen MR) is 116 cm³/mol. The maximum atomic E-state index is 12.3. The Kier molecular flexibility index (Phi) is 5.68. The predicted octanol–water partition coefficient (Wildman–Crippen LogP) is 4.10. The number of amides is 1. The molecule has 0 radical (unpaired) electrons. The number of nitrogens with one attached hydrogen (secondary N) is 1. The Labute approximate surface area is 190 Å². The smallest absolute Gasteiger partial charge is 0.248 e. The first-order valence-electron chi connectivity index (χ1n) is 8.76. The molecule has 0 spiro atoms. The molecule has 30 heavy (non-hydrogen) atoms. The van der Waals surface area contributed by atoms with E-state index in [4.69, 9.17) is 33.7 Å². The summed E-state index contributed by atoms with van der Waals surface area (Å²) in [7, 11) is 0. The maximum Gasteiger partial charge on any atom is 0.248 e. The summed E-state index contributed by atoms with van der Waals surface area (Å²) in [6.45, 7) is 1.95. The van der Waals surface area contributed by atoms with Crippen molar-refractivity contribution < 1.29 is 9.53 Å². The quantitative estimate of drug-likeness (QED) is 0.536. The van der Waals surface area contributed by atoms with Gasteiger partial charge in [-0.25, -0.2) is 0 Å². The molecule has 2 heterocycles. The van der Waals surface area contributed by atoms with Crippen molar-refractivity contribution in [1.29, 1.82) is 0 Å². The minimum Gasteiger partial charge on any atom is -0.488 e. The molecule has 3 N–H and O–H groups in total. The van der Waals surface area contributed by atoms with E-state index < -0.39 is 11.9 Å². The number of aromatic nitrogens is 4. The molecular formula is C19H15BrCl2N6O2. The van der Waals surface area contributed by atoms with Crippen LogP contribution in [0, 0.1) is 0 Å². The van der Waals surface area contributed by atoms with E-state index in [2.05, 4.69) is 36.8 Å². The molecule has 3 aromatic rings. The molecule has 2 aromatic carbocycles. The Balaban J connectivity index is 1.77. The van der Waals surface area contributed by atoms with Crippen LogP contribution in [0.5, 0.6) is 5.75 Å². The summed E-state index contributed by atoms with van der Waals surface area (Å²) in [5.41, 5.74) is 8.04. The summed E-state index contributed by atoms with van der Waals surface area (Å²) in [6.07, 6.45) is 0. The first-order chi connectivity index (χ1) is 14.3. The van der Waals surface area contributed by atoms with Crippen molar-refractivity contribution in [2.75, 3.05) is 5.32 Å². The average Bonchev–Trinajstić information content (AvgIpc) is 3.14. The highest BCUT2D eigenvalue weighted by molar-refractivity contribution is 9.10. The zero-order valence-electron chi connectivity index (χ0n) is 15.6. The molecule has 154 valence electrons. The molecular weight excluding hydrogens is 495 g/mol. The van der Waals surface area contributed by atoms with Gasteiger partial charge in [-0.2, -0.15) is 4.68 Å². The van der Waals surface area contributed by atoms with E-state index in [1.54, 1.807) is 31.2 Å². The third-order valence-corrected chi connectivity index (χ3v) is 5.72. The fourth-order valence-electron chi connectivity index (χ4n) is 3.28. The van der Waals surface area contributed by atoms with Crippen molar-refractivity contribution >= 4 is 51.0 Å². The zero-order valence-corrected chi connectivity index (χ0v) is 18.7. The molecule has 1 aliphatic heterocycles. The fraction of sp³-hybridized carbons (Fsp3) is 0.158. The van der Waals surface area contributed by atoms with Crippen LogP contribution < -0.4 is 15.8 Å². The molecule has 0 aliphatic carbocycles. The second-order valence-corrected chi connectivity index (χ2v) is 8.34. The minimum absolute atomic E-state index is 0.201. The Morgan fingerprint density at radius 3 is 2.83 bits per heavy atom. The van der Waals surface area contributed by atoms with Crippen molar-refractivity contribution in [3.8, 4) is 5.75 Å². The molecule has 1 atom stereocenters. The van der Waals surface area contributed by atoms with Crippen LogP contribution in [0.15, 0.2) is 52.1 Å². The first kappa shape index (κ1) is 20.6. The largest absolute Gasteiger partial charge is 0.488 e. The highest BCUT2D eigenvalue weighted by atomic mass is 79.9. The normalized spacial score (nSPS) is 15.5. The van der Waals surface area contributed by atoms with Gasteiger partial charge in [-0.05, 0) is 47.7 Å². The molecule has 1 aliphatic rings. The molecule has 0 fully saturated rings. The highest BCUT2D eigenvalue weighted by Gasteiger charge is 2.35. The van der Waals surface area contributed by atoms with Gasteiger partial charge in [-0.1, -0.05) is 50.3 Å². The van der Waals surface area contributed by atoms with Crippen LogP contribution in [-0.4, -0.2) is 26.1 Å². The van der Waals surface area contributed by atoms with Gasteiger partial charge in [0.25, 0.3) is 0 Å². The van der Waals surface area contributed by atoms with E-state index in [-0.39, 0.29) is 6.61 Å². The molecule has 0 bridgehead atoms. The fourth-order valence-corrected chi connectivity index (χ4v) is 4.12. The monoisotopic (exact) mass is 508 g/mol. The van der Waals surface area contributed by atoms with Gasteiger partial charge >= 0.3 is 0 Å². The number of fused-ring (bicyclic) bond motifs is 1. The van der Waals surface area contributed by atoms with E-state index in [0.29, 0.717) is 38.6 Å². The number of tetrazole rings is 1. The molecule has 4 rings (SSSR count). The second kappa shape index (κ2) is 8.25. The van der Waals surface area contributed by atoms with Gasteiger partial charge in [0, 0.05) is 31.3 Å². The average molecular weight is 510 g/mol. The van der Waals surface area contributed by atoms with E-state index in [0.717, 1.165) is 10.0 Å². The van der Waals surface area contributed by atoms with Crippen LogP contribution in [0.3, 0.4) is 0 Å². The number of anilines is 1. The number of nitrogens with zero attached hydrogens (tertiary/aromatic N) is 4. The molecule has 8 nitrogen and oxygen atoms in total. The van der Waals surface area contributed by atoms with Gasteiger partial charge in [0.2, 0.25) is 11.9 Å². The molecule has 0 saturated carbocycles. The number of hydrogen-bond donors (Lipinski definition) is 2. The Bertz CT molecular complexity index is 1180. The summed E-state index contributed by atoms with van der Waals surface area (Å²) in [4.78, 5) is 12.3. The Morgan fingerprint density at radius 2 is 2.10 bits per heavy atom. The van der Waals surface area contributed by atoms with Gasteiger partial charge in [0.05, 0.1) is 5.57 Å². The van der Waals surface area contributed by atoms with Crippen molar-refractivity contribution in [3.63, 3.8) is 0 Å². The summed E-state index contributed by atoms with van der Waals surface area (Å²) in [5, 5.41) is 15.8. The van der Waals surface area contributed by atoms with Crippen LogP contribution in [0.4, 0.5) is 5.95 Å². The lowest BCUT2D eigenvalue weighted by molar-refractivity contribution is -0.115. The van der Waals surface area contributed by atoms with E-state index in [1.165, 1.54) is 4.68 Å². The van der Waals surface area contributed by atoms with Crippen molar-refractivity contribution in [2.45, 2.75) is 19.6 Å². The van der Waals surface area contributed by atoms with Crippen LogP contribution in [0.25, 0.3) is 0 Å². The number of primary amides is 1. The first-order valence-corrected chi connectivity index (χ1v) is 10.3. The van der Waals surface area contributed by atoms with E-state index in [9.17, 15) is 4.79 Å². The number of halogens is 3. The lowest BCUT2D eigenvalue weighted by Crippen LogP contribution is -2.32. The Morgan fingerprint density at radius 1 is 1.30 bits per heavy atom. The number of benzene rings is 2. The molecule has 11 heteroatoms. The molecule has 1 aromatic heterocycles. The lowest BCUT2D eigenvalue weighted by Gasteiger charge is -2.28. The van der Waals surface area contributed by atoms with Crippen LogP contribution in [0.2, 0.25) is 10.0 Å². The maximum absolute atomic E-state index is 12.3. The third-order valence-electron chi connectivity index (χ3n) is 4.64. The number of nitrogens with two attached hydrogens (primary N) is 1. The van der Waals surface area contributed by atoms with Gasteiger partial charge in [-0.15, -0.1) is 0 Å². The highest BCUT2D eigenvalue weighted by Crippen LogP contribution is 2.40. The standard InChI is InChI=1S/C19H15BrCl2N6O2/c1-9-16(18(23)29)17(28-19(24-9)25-26-27-28)13-6-11(20)3-5-15(13)30-8-10-2-4-12(21)7-14(10)22/h2-7,17H,8H2,1H3,(H2,23,29)(H,24,25,27).